The molecule has 1 unspecified atom stereocenters. The maximum absolute atomic E-state index is 11.5. The fourth-order valence-corrected chi connectivity index (χ4v) is 1.17. The Morgan fingerprint density at radius 3 is 2.53 bits per heavy atom. The van der Waals surface area contributed by atoms with Crippen molar-refractivity contribution in [3.8, 4) is 0 Å². The van der Waals surface area contributed by atoms with Crippen LogP contribution in [-0.4, -0.2) is 18.1 Å². The fourth-order valence-electron chi connectivity index (χ4n) is 1.17. The first-order valence-corrected chi connectivity index (χ1v) is 5.02. The molecular formula is C13H15NO3. The van der Waals surface area contributed by atoms with Crippen molar-refractivity contribution in [2.75, 3.05) is 12.4 Å². The number of aliphatic hydroxyl groups is 1. The Morgan fingerprint density at radius 1 is 1.47 bits per heavy atom. The molecule has 0 spiro atoms. The van der Waals surface area contributed by atoms with E-state index in [9.17, 15) is 9.90 Å². The van der Waals surface area contributed by atoms with Crippen molar-refractivity contribution in [3.63, 3.8) is 0 Å². The van der Waals surface area contributed by atoms with Gasteiger partial charge in [0.05, 0.1) is 0 Å². The van der Waals surface area contributed by atoms with Gasteiger partial charge in [0.25, 0.3) is 5.91 Å². The summed E-state index contributed by atoms with van der Waals surface area (Å²) in [5, 5.41) is 12.0. The zero-order valence-corrected chi connectivity index (χ0v) is 9.64. The van der Waals surface area contributed by atoms with E-state index in [0.717, 1.165) is 0 Å². The van der Waals surface area contributed by atoms with Gasteiger partial charge in [0.1, 0.15) is 0 Å². The molecule has 1 rings (SSSR count). The van der Waals surface area contributed by atoms with E-state index in [1.165, 1.54) is 13.2 Å². The van der Waals surface area contributed by atoms with Crippen LogP contribution in [0, 0.1) is 0 Å². The average Bonchev–Trinajstić information content (AvgIpc) is 2.37. The number of carbonyl (C=O) groups excluding carboxylic acids is 1. The van der Waals surface area contributed by atoms with E-state index < -0.39 is 6.29 Å². The van der Waals surface area contributed by atoms with Gasteiger partial charge >= 0.3 is 0 Å². The molecule has 0 saturated carbocycles. The highest BCUT2D eigenvalue weighted by Crippen LogP contribution is 2.16. The molecule has 0 fully saturated rings. The number of rotatable bonds is 5. The lowest BCUT2D eigenvalue weighted by Gasteiger charge is -2.10. The van der Waals surface area contributed by atoms with Crippen molar-refractivity contribution in [1.29, 1.82) is 0 Å². The summed E-state index contributed by atoms with van der Waals surface area (Å²) in [6.07, 6.45) is 0.432. The topological polar surface area (TPSA) is 58.6 Å². The lowest BCUT2D eigenvalue weighted by Crippen LogP contribution is -2.12. The van der Waals surface area contributed by atoms with Crippen molar-refractivity contribution in [2.45, 2.75) is 6.29 Å². The second kappa shape index (κ2) is 5.98. The van der Waals surface area contributed by atoms with Crippen LogP contribution in [0.4, 0.5) is 5.69 Å². The van der Waals surface area contributed by atoms with Crippen molar-refractivity contribution >= 4 is 11.6 Å². The summed E-state index contributed by atoms with van der Waals surface area (Å²) in [4.78, 5) is 11.5. The van der Waals surface area contributed by atoms with E-state index in [2.05, 4.69) is 18.5 Å². The first kappa shape index (κ1) is 13.2. The molecule has 4 heteroatoms. The van der Waals surface area contributed by atoms with E-state index in [-0.39, 0.29) is 5.91 Å². The molecule has 1 aromatic carbocycles. The van der Waals surface area contributed by atoms with Crippen LogP contribution < -0.4 is 5.32 Å². The highest BCUT2D eigenvalue weighted by molar-refractivity contribution is 6.05. The SMILES string of the molecule is C=CC(=C)C(=O)Nc1ccc(C(O)OC)cc1. The molecule has 0 bridgehead atoms. The Bertz CT molecular complexity index is 423. The predicted octanol–water partition coefficient (Wildman–Crippen LogP) is 2.00. The third-order valence-electron chi connectivity index (χ3n) is 2.22. The largest absolute Gasteiger partial charge is 0.364 e. The Kier molecular flexibility index (Phi) is 4.63. The number of amides is 1. The minimum Gasteiger partial charge on any atom is -0.364 e. The van der Waals surface area contributed by atoms with Gasteiger partial charge in [-0.15, -0.1) is 0 Å². The molecular weight excluding hydrogens is 218 g/mol. The molecule has 0 saturated heterocycles. The molecule has 17 heavy (non-hydrogen) atoms. The van der Waals surface area contributed by atoms with Gasteiger partial charge in [0, 0.05) is 23.9 Å². The van der Waals surface area contributed by atoms with E-state index in [1.54, 1.807) is 24.3 Å². The minimum absolute atomic E-state index is 0.297. The number of benzene rings is 1. The molecule has 90 valence electrons. The third kappa shape index (κ3) is 3.55. The number of hydrogen-bond acceptors (Lipinski definition) is 3. The molecule has 0 aliphatic rings. The van der Waals surface area contributed by atoms with Gasteiger partial charge in [-0.05, 0) is 12.1 Å². The maximum Gasteiger partial charge on any atom is 0.255 e. The van der Waals surface area contributed by atoms with E-state index in [0.29, 0.717) is 16.8 Å². The summed E-state index contributed by atoms with van der Waals surface area (Å²) in [6.45, 7) is 7.00. The summed E-state index contributed by atoms with van der Waals surface area (Å²) >= 11 is 0. The lowest BCUT2D eigenvalue weighted by molar-refractivity contribution is -0.112. The van der Waals surface area contributed by atoms with Crippen LogP contribution in [0.15, 0.2) is 49.1 Å². The Labute approximate surface area is 100 Å². The normalized spacial score (nSPS) is 11.6. The molecule has 2 N–H and O–H groups in total. The van der Waals surface area contributed by atoms with Gasteiger partial charge in [-0.1, -0.05) is 31.4 Å². The van der Waals surface area contributed by atoms with Crippen LogP contribution in [-0.2, 0) is 9.53 Å². The summed E-state index contributed by atoms with van der Waals surface area (Å²) in [5.41, 5.74) is 1.53. The van der Waals surface area contributed by atoms with Crippen molar-refractivity contribution in [1.82, 2.24) is 0 Å². The predicted molar refractivity (Wildman–Crippen MR) is 66.4 cm³/mol. The second-order valence-electron chi connectivity index (χ2n) is 3.39. The first-order valence-electron chi connectivity index (χ1n) is 5.02. The van der Waals surface area contributed by atoms with Gasteiger partial charge in [0.2, 0.25) is 0 Å². The van der Waals surface area contributed by atoms with Crippen LogP contribution in [0.1, 0.15) is 11.9 Å². The minimum atomic E-state index is -0.956. The lowest BCUT2D eigenvalue weighted by atomic mass is 10.2. The summed E-state index contributed by atoms with van der Waals surface area (Å²) in [5.74, 6) is -0.306. The average molecular weight is 233 g/mol. The van der Waals surface area contributed by atoms with E-state index in [4.69, 9.17) is 4.74 Å². The van der Waals surface area contributed by atoms with Crippen molar-refractivity contribution < 1.29 is 14.6 Å². The summed E-state index contributed by atoms with van der Waals surface area (Å²) in [6, 6.07) is 6.68. The van der Waals surface area contributed by atoms with Crippen LogP contribution >= 0.6 is 0 Å². The molecule has 0 radical (unpaired) electrons. The van der Waals surface area contributed by atoms with Gasteiger partial charge in [-0.3, -0.25) is 4.79 Å². The molecule has 1 aromatic rings. The second-order valence-corrected chi connectivity index (χ2v) is 3.39. The number of carbonyl (C=O) groups is 1. The highest BCUT2D eigenvalue weighted by Gasteiger charge is 2.07. The molecule has 0 heterocycles. The van der Waals surface area contributed by atoms with Gasteiger partial charge < -0.3 is 15.2 Å². The maximum atomic E-state index is 11.5. The molecule has 4 nitrogen and oxygen atoms in total. The van der Waals surface area contributed by atoms with Crippen LogP contribution in [0.2, 0.25) is 0 Å². The number of methoxy groups -OCH3 is 1. The highest BCUT2D eigenvalue weighted by atomic mass is 16.6. The zero-order chi connectivity index (χ0) is 12.8. The van der Waals surface area contributed by atoms with Gasteiger partial charge in [-0.2, -0.15) is 0 Å². The Hall–Kier alpha value is -1.91. The molecule has 1 atom stereocenters. The number of hydrogen-bond donors (Lipinski definition) is 2. The Morgan fingerprint density at radius 2 is 2.06 bits per heavy atom. The van der Waals surface area contributed by atoms with Gasteiger partial charge in [0.15, 0.2) is 6.29 Å². The van der Waals surface area contributed by atoms with E-state index in [1.807, 2.05) is 0 Å². The molecule has 0 aliphatic carbocycles. The zero-order valence-electron chi connectivity index (χ0n) is 9.64. The van der Waals surface area contributed by atoms with Crippen molar-refractivity contribution in [3.05, 3.63) is 54.6 Å². The first-order chi connectivity index (χ1) is 8.08. The van der Waals surface area contributed by atoms with Crippen molar-refractivity contribution in [2.24, 2.45) is 0 Å². The Balaban J connectivity index is 2.72. The summed E-state index contributed by atoms with van der Waals surface area (Å²) < 4.78 is 4.75. The van der Waals surface area contributed by atoms with Crippen LogP contribution in [0.25, 0.3) is 0 Å². The smallest absolute Gasteiger partial charge is 0.255 e. The molecule has 0 aliphatic heterocycles. The number of anilines is 1. The number of ether oxygens (including phenoxy) is 1. The summed E-state index contributed by atoms with van der Waals surface area (Å²) in [7, 11) is 1.41. The van der Waals surface area contributed by atoms with Gasteiger partial charge in [-0.25, -0.2) is 0 Å². The van der Waals surface area contributed by atoms with Crippen LogP contribution in [0.5, 0.6) is 0 Å². The van der Waals surface area contributed by atoms with E-state index >= 15 is 0 Å². The quantitative estimate of drug-likeness (QED) is 0.464. The molecule has 1 amide bonds. The molecule has 0 aromatic heterocycles. The van der Waals surface area contributed by atoms with Crippen LogP contribution in [0.3, 0.4) is 0 Å². The number of aliphatic hydroxyl groups excluding tert-OH is 1. The fraction of sp³-hybridized carbons (Fsp3) is 0.154. The number of nitrogens with one attached hydrogen (secondary N) is 1. The standard InChI is InChI=1S/C13H15NO3/c1-4-9(2)12(15)14-11-7-5-10(6-8-11)13(16)17-3/h4-8,13,16H,1-2H2,3H3,(H,14,15). The monoisotopic (exact) mass is 233 g/mol. The third-order valence-corrected chi connectivity index (χ3v) is 2.22.